The molecule has 0 spiro atoms. The molecule has 0 saturated heterocycles. The number of aliphatic hydroxyl groups is 1. The molecule has 6 nitrogen and oxygen atoms in total. The number of benzene rings is 1. The van der Waals surface area contributed by atoms with Crippen molar-refractivity contribution in [3.8, 4) is 0 Å². The van der Waals surface area contributed by atoms with Gasteiger partial charge in [-0.05, 0) is 57.1 Å². The molecule has 1 fully saturated rings. The van der Waals surface area contributed by atoms with Gasteiger partial charge in [0.2, 0.25) is 6.29 Å². The first kappa shape index (κ1) is 21.2. The maximum atomic E-state index is 12.3. The summed E-state index contributed by atoms with van der Waals surface area (Å²) in [4.78, 5) is 23.7. The van der Waals surface area contributed by atoms with Crippen LogP contribution in [0.4, 0.5) is 4.79 Å². The highest BCUT2D eigenvalue weighted by Gasteiger charge is 2.26. The summed E-state index contributed by atoms with van der Waals surface area (Å²) in [5.74, 6) is -0.635. The Bertz CT molecular complexity index is 624. The Morgan fingerprint density at radius 1 is 1.04 bits per heavy atom. The van der Waals surface area contributed by atoms with E-state index >= 15 is 0 Å². The summed E-state index contributed by atoms with van der Waals surface area (Å²) in [6, 6.07) is 7.79. The van der Waals surface area contributed by atoms with Crippen LogP contribution in [-0.4, -0.2) is 35.7 Å². The first-order valence-corrected chi connectivity index (χ1v) is 9.61. The Labute approximate surface area is 160 Å². The molecule has 4 atom stereocenters. The molecule has 1 aliphatic carbocycles. The van der Waals surface area contributed by atoms with Gasteiger partial charge < -0.3 is 19.3 Å². The molecule has 1 N–H and O–H groups in total. The van der Waals surface area contributed by atoms with E-state index in [1.807, 2.05) is 24.3 Å². The van der Waals surface area contributed by atoms with E-state index in [1.165, 1.54) is 6.92 Å². The van der Waals surface area contributed by atoms with Gasteiger partial charge in [-0.3, -0.25) is 4.79 Å². The molecule has 0 aromatic heterocycles. The first-order valence-electron chi connectivity index (χ1n) is 9.61. The normalized spacial score (nSPS) is 21.6. The van der Waals surface area contributed by atoms with Crippen LogP contribution >= 0.6 is 0 Å². The van der Waals surface area contributed by atoms with Gasteiger partial charge in [0.15, 0.2) is 0 Å². The Morgan fingerprint density at radius 3 is 2.26 bits per heavy atom. The highest BCUT2D eigenvalue weighted by Crippen LogP contribution is 2.29. The number of esters is 1. The molecule has 0 heterocycles. The van der Waals surface area contributed by atoms with Crippen LogP contribution in [0.15, 0.2) is 24.3 Å². The van der Waals surface area contributed by atoms with Crippen LogP contribution in [0, 0.1) is 5.92 Å². The van der Waals surface area contributed by atoms with E-state index in [4.69, 9.17) is 14.2 Å². The van der Waals surface area contributed by atoms with Crippen molar-refractivity contribution in [3.05, 3.63) is 35.4 Å². The van der Waals surface area contributed by atoms with E-state index in [2.05, 4.69) is 0 Å². The zero-order chi connectivity index (χ0) is 20.0. The van der Waals surface area contributed by atoms with Crippen LogP contribution in [0.25, 0.3) is 0 Å². The fourth-order valence-corrected chi connectivity index (χ4v) is 3.28. The highest BCUT2D eigenvalue weighted by atomic mass is 16.8. The van der Waals surface area contributed by atoms with Gasteiger partial charge in [0.25, 0.3) is 0 Å². The SMILES string of the molecule is CC(C)OC(=O)OC(C)OC(=O)[C@@H](C)c1ccc(C[C@H]2CCC[C@@H]2O)cc1. The smallest absolute Gasteiger partial charge is 0.431 e. The quantitative estimate of drug-likeness (QED) is 0.571. The second-order valence-corrected chi connectivity index (χ2v) is 7.46. The van der Waals surface area contributed by atoms with Crippen LogP contribution in [0.5, 0.6) is 0 Å². The first-order chi connectivity index (χ1) is 12.8. The van der Waals surface area contributed by atoms with Gasteiger partial charge >= 0.3 is 12.1 Å². The molecule has 0 radical (unpaired) electrons. The van der Waals surface area contributed by atoms with Crippen molar-refractivity contribution in [2.45, 2.75) is 77.8 Å². The minimum atomic E-state index is -1.02. The average Bonchev–Trinajstić information content (AvgIpc) is 2.98. The topological polar surface area (TPSA) is 82.1 Å². The molecular formula is C21H30O6. The molecule has 150 valence electrons. The second-order valence-electron chi connectivity index (χ2n) is 7.46. The molecule has 0 amide bonds. The monoisotopic (exact) mass is 378 g/mol. The van der Waals surface area contributed by atoms with E-state index in [1.54, 1.807) is 20.8 Å². The van der Waals surface area contributed by atoms with Crippen molar-refractivity contribution in [2.24, 2.45) is 5.92 Å². The summed E-state index contributed by atoms with van der Waals surface area (Å²) in [6.07, 6.45) is 1.48. The molecule has 0 bridgehead atoms. The molecule has 2 rings (SSSR count). The molecule has 1 unspecified atom stereocenters. The predicted molar refractivity (Wildman–Crippen MR) is 100 cm³/mol. The van der Waals surface area contributed by atoms with Crippen LogP contribution in [0.1, 0.15) is 64.0 Å². The fourth-order valence-electron chi connectivity index (χ4n) is 3.28. The lowest BCUT2D eigenvalue weighted by atomic mass is 9.93. The summed E-state index contributed by atoms with van der Waals surface area (Å²) in [5.41, 5.74) is 1.98. The number of hydrogen-bond donors (Lipinski definition) is 1. The molecule has 1 saturated carbocycles. The van der Waals surface area contributed by atoms with Gasteiger partial charge in [0, 0.05) is 6.92 Å². The largest absolute Gasteiger partial charge is 0.511 e. The van der Waals surface area contributed by atoms with E-state index in [0.717, 1.165) is 36.8 Å². The summed E-state index contributed by atoms with van der Waals surface area (Å²) in [6.45, 7) is 6.63. The van der Waals surface area contributed by atoms with E-state index in [0.29, 0.717) is 5.92 Å². The molecule has 27 heavy (non-hydrogen) atoms. The predicted octanol–water partition coefficient (Wildman–Crippen LogP) is 3.94. The van der Waals surface area contributed by atoms with Gasteiger partial charge in [0.1, 0.15) is 0 Å². The number of carbonyl (C=O) groups is 2. The minimum absolute atomic E-state index is 0.206. The molecule has 1 aliphatic rings. The maximum Gasteiger partial charge on any atom is 0.511 e. The van der Waals surface area contributed by atoms with E-state index in [9.17, 15) is 14.7 Å². The fraction of sp³-hybridized carbons (Fsp3) is 0.619. The Hall–Kier alpha value is -2.08. The Morgan fingerprint density at radius 2 is 1.70 bits per heavy atom. The van der Waals surface area contributed by atoms with Gasteiger partial charge in [-0.15, -0.1) is 0 Å². The van der Waals surface area contributed by atoms with Gasteiger partial charge in [0.05, 0.1) is 18.1 Å². The van der Waals surface area contributed by atoms with E-state index in [-0.39, 0.29) is 12.2 Å². The summed E-state index contributed by atoms with van der Waals surface area (Å²) in [5, 5.41) is 9.95. The maximum absolute atomic E-state index is 12.3. The second kappa shape index (κ2) is 9.74. The van der Waals surface area contributed by atoms with Crippen molar-refractivity contribution < 1.29 is 28.9 Å². The van der Waals surface area contributed by atoms with E-state index < -0.39 is 24.3 Å². The lowest BCUT2D eigenvalue weighted by Gasteiger charge is -2.18. The molecule has 1 aromatic rings. The van der Waals surface area contributed by atoms with Crippen molar-refractivity contribution >= 4 is 12.1 Å². The standard InChI is InChI=1S/C21H30O6/c1-13(2)25-21(24)27-15(4)26-20(23)14(3)17-10-8-16(9-11-17)12-18-6-5-7-19(18)22/h8-11,13-15,18-19,22H,5-7,12H2,1-4H3/t14-,15?,18+,19-/m0/s1. The van der Waals surface area contributed by atoms with Gasteiger partial charge in [-0.1, -0.05) is 30.7 Å². The number of hydrogen-bond acceptors (Lipinski definition) is 6. The van der Waals surface area contributed by atoms with Crippen LogP contribution in [0.2, 0.25) is 0 Å². The number of aliphatic hydroxyl groups excluding tert-OH is 1. The minimum Gasteiger partial charge on any atom is -0.431 e. The highest BCUT2D eigenvalue weighted by molar-refractivity contribution is 5.77. The zero-order valence-electron chi connectivity index (χ0n) is 16.5. The van der Waals surface area contributed by atoms with Crippen molar-refractivity contribution in [1.82, 2.24) is 0 Å². The van der Waals surface area contributed by atoms with Gasteiger partial charge in [-0.2, -0.15) is 0 Å². The Balaban J connectivity index is 1.85. The van der Waals surface area contributed by atoms with Crippen molar-refractivity contribution in [3.63, 3.8) is 0 Å². The third-order valence-electron chi connectivity index (χ3n) is 4.83. The lowest BCUT2D eigenvalue weighted by molar-refractivity contribution is -0.169. The molecule has 0 aliphatic heterocycles. The van der Waals surface area contributed by atoms with Crippen molar-refractivity contribution in [2.75, 3.05) is 0 Å². The average molecular weight is 378 g/mol. The molecular weight excluding hydrogens is 348 g/mol. The number of carbonyl (C=O) groups excluding carboxylic acids is 2. The molecule has 1 aromatic carbocycles. The van der Waals surface area contributed by atoms with Crippen LogP contribution < -0.4 is 0 Å². The number of ether oxygens (including phenoxy) is 3. The summed E-state index contributed by atoms with van der Waals surface area (Å²) in [7, 11) is 0. The molecule has 6 heteroatoms. The number of rotatable bonds is 7. The lowest BCUT2D eigenvalue weighted by Crippen LogP contribution is -2.25. The van der Waals surface area contributed by atoms with Crippen LogP contribution in [-0.2, 0) is 25.4 Å². The third kappa shape index (κ3) is 6.54. The Kier molecular flexibility index (Phi) is 7.66. The van der Waals surface area contributed by atoms with Crippen LogP contribution in [0.3, 0.4) is 0 Å². The van der Waals surface area contributed by atoms with Crippen molar-refractivity contribution in [1.29, 1.82) is 0 Å². The third-order valence-corrected chi connectivity index (χ3v) is 4.83. The zero-order valence-corrected chi connectivity index (χ0v) is 16.5. The van der Waals surface area contributed by atoms with Gasteiger partial charge in [-0.25, -0.2) is 4.79 Å². The summed E-state index contributed by atoms with van der Waals surface area (Å²) >= 11 is 0. The summed E-state index contributed by atoms with van der Waals surface area (Å²) < 4.78 is 14.9.